The number of rotatable bonds is 5. The molecule has 23 heavy (non-hydrogen) atoms. The van der Waals surface area contributed by atoms with Crippen molar-refractivity contribution in [2.24, 2.45) is 0 Å². The van der Waals surface area contributed by atoms with Crippen molar-refractivity contribution in [2.75, 3.05) is 0 Å². The lowest BCUT2D eigenvalue weighted by atomic mass is 10.0. The molecule has 1 amide bonds. The van der Waals surface area contributed by atoms with Crippen LogP contribution in [0.1, 0.15) is 24.9 Å². The summed E-state index contributed by atoms with van der Waals surface area (Å²) in [6.45, 7) is 1.40. The van der Waals surface area contributed by atoms with Crippen LogP contribution in [0.25, 0.3) is 0 Å². The van der Waals surface area contributed by atoms with E-state index < -0.39 is 12.0 Å². The molecule has 2 aromatic rings. The molecule has 0 saturated heterocycles. The predicted octanol–water partition coefficient (Wildman–Crippen LogP) is 4.17. The molecule has 2 rings (SSSR count). The van der Waals surface area contributed by atoms with Gasteiger partial charge in [-0.15, -0.1) is 0 Å². The highest BCUT2D eigenvalue weighted by molar-refractivity contribution is 6.35. The molecule has 6 heteroatoms. The van der Waals surface area contributed by atoms with Crippen molar-refractivity contribution in [1.82, 2.24) is 5.32 Å². The molecule has 0 spiro atoms. The first-order valence-corrected chi connectivity index (χ1v) is 7.69. The molecule has 0 aliphatic rings. The average Bonchev–Trinajstić information content (AvgIpc) is 2.50. The van der Waals surface area contributed by atoms with E-state index in [1.54, 1.807) is 6.07 Å². The highest BCUT2D eigenvalue weighted by Crippen LogP contribution is 2.28. The molecule has 0 heterocycles. The average molecular weight is 352 g/mol. The van der Waals surface area contributed by atoms with Crippen LogP contribution in [0.5, 0.6) is 5.75 Å². The summed E-state index contributed by atoms with van der Waals surface area (Å²) < 4.78 is 5.25. The van der Waals surface area contributed by atoms with E-state index in [2.05, 4.69) is 5.32 Å². The third kappa shape index (κ3) is 5.27. The Labute approximate surface area is 144 Å². The highest BCUT2D eigenvalue weighted by Gasteiger charge is 2.19. The zero-order valence-electron chi connectivity index (χ0n) is 12.4. The number of esters is 1. The minimum absolute atomic E-state index is 0.0114. The Hall–Kier alpha value is -2.04. The van der Waals surface area contributed by atoms with Gasteiger partial charge in [-0.1, -0.05) is 53.5 Å². The number of ether oxygens (including phenoxy) is 1. The zero-order chi connectivity index (χ0) is 16.8. The molecule has 4 nitrogen and oxygen atoms in total. The minimum atomic E-state index is -0.503. The van der Waals surface area contributed by atoms with Gasteiger partial charge in [-0.25, -0.2) is 0 Å². The molecule has 0 fully saturated rings. The number of amides is 1. The summed E-state index contributed by atoms with van der Waals surface area (Å²) in [5.41, 5.74) is 0.821. The van der Waals surface area contributed by atoms with Crippen LogP contribution >= 0.6 is 23.2 Å². The fourth-order valence-corrected chi connectivity index (χ4v) is 2.52. The number of hydrogen-bond acceptors (Lipinski definition) is 3. The first-order valence-electron chi connectivity index (χ1n) is 6.93. The van der Waals surface area contributed by atoms with Gasteiger partial charge in [0, 0.05) is 11.9 Å². The van der Waals surface area contributed by atoms with Crippen molar-refractivity contribution in [1.29, 1.82) is 0 Å². The van der Waals surface area contributed by atoms with Crippen molar-refractivity contribution in [3.05, 3.63) is 64.1 Å². The number of carbonyl (C=O) groups is 2. The van der Waals surface area contributed by atoms with E-state index in [9.17, 15) is 9.59 Å². The van der Waals surface area contributed by atoms with Crippen molar-refractivity contribution >= 4 is 35.1 Å². The first-order chi connectivity index (χ1) is 11.0. The van der Waals surface area contributed by atoms with Crippen molar-refractivity contribution in [3.8, 4) is 5.75 Å². The SMILES string of the molecule is CC(=O)NC(CC(=O)Oc1ccc(Cl)cc1Cl)c1ccccc1. The van der Waals surface area contributed by atoms with Crippen molar-refractivity contribution in [2.45, 2.75) is 19.4 Å². The highest BCUT2D eigenvalue weighted by atomic mass is 35.5. The molecule has 120 valence electrons. The Morgan fingerprint density at radius 1 is 1.13 bits per heavy atom. The Balaban J connectivity index is 2.09. The van der Waals surface area contributed by atoms with Gasteiger partial charge < -0.3 is 10.1 Å². The second-order valence-corrected chi connectivity index (χ2v) is 5.76. The molecule has 0 saturated carbocycles. The van der Waals surface area contributed by atoms with E-state index >= 15 is 0 Å². The summed E-state index contributed by atoms with van der Waals surface area (Å²) >= 11 is 11.8. The molecule has 0 radical (unpaired) electrons. The smallest absolute Gasteiger partial charge is 0.313 e. The first kappa shape index (κ1) is 17.3. The van der Waals surface area contributed by atoms with E-state index in [1.807, 2.05) is 30.3 Å². The van der Waals surface area contributed by atoms with Crippen molar-refractivity contribution in [3.63, 3.8) is 0 Å². The van der Waals surface area contributed by atoms with E-state index in [4.69, 9.17) is 27.9 Å². The van der Waals surface area contributed by atoms with Crippen LogP contribution in [-0.2, 0) is 9.59 Å². The largest absolute Gasteiger partial charge is 0.425 e. The van der Waals surface area contributed by atoms with Crippen LogP contribution in [0.3, 0.4) is 0 Å². The van der Waals surface area contributed by atoms with E-state index in [0.29, 0.717) is 5.02 Å². The van der Waals surface area contributed by atoms with Gasteiger partial charge in [-0.2, -0.15) is 0 Å². The van der Waals surface area contributed by atoms with Gasteiger partial charge in [0.15, 0.2) is 0 Å². The number of benzene rings is 2. The van der Waals surface area contributed by atoms with Gasteiger partial charge in [0.25, 0.3) is 0 Å². The topological polar surface area (TPSA) is 55.4 Å². The second kappa shape index (κ2) is 7.99. The maximum atomic E-state index is 12.1. The van der Waals surface area contributed by atoms with Crippen LogP contribution in [0.15, 0.2) is 48.5 Å². The predicted molar refractivity (Wildman–Crippen MR) is 89.7 cm³/mol. The molecule has 0 aliphatic carbocycles. The monoisotopic (exact) mass is 351 g/mol. The molecular weight excluding hydrogens is 337 g/mol. The Bertz CT molecular complexity index is 704. The second-order valence-electron chi connectivity index (χ2n) is 4.92. The Morgan fingerprint density at radius 3 is 2.43 bits per heavy atom. The number of carbonyl (C=O) groups excluding carboxylic acids is 2. The van der Waals surface area contributed by atoms with E-state index in [0.717, 1.165) is 5.56 Å². The van der Waals surface area contributed by atoms with E-state index in [-0.39, 0.29) is 23.1 Å². The molecule has 1 N–H and O–H groups in total. The summed E-state index contributed by atoms with van der Waals surface area (Å²) in [5, 5.41) is 3.45. The molecule has 0 aromatic heterocycles. The number of nitrogens with one attached hydrogen (secondary N) is 1. The minimum Gasteiger partial charge on any atom is -0.425 e. The van der Waals surface area contributed by atoms with Crippen LogP contribution in [0.2, 0.25) is 10.0 Å². The maximum absolute atomic E-state index is 12.1. The standard InChI is InChI=1S/C17H15Cl2NO3/c1-11(21)20-15(12-5-3-2-4-6-12)10-17(22)23-16-8-7-13(18)9-14(16)19/h2-9,15H,10H2,1H3,(H,20,21). The van der Waals surface area contributed by atoms with Crippen molar-refractivity contribution < 1.29 is 14.3 Å². The van der Waals surface area contributed by atoms with Gasteiger partial charge in [0.2, 0.25) is 5.91 Å². The number of hydrogen-bond donors (Lipinski definition) is 1. The molecule has 1 unspecified atom stereocenters. The third-order valence-electron chi connectivity index (χ3n) is 3.07. The summed E-state index contributed by atoms with van der Waals surface area (Å²) in [6, 6.07) is 13.3. The summed E-state index contributed by atoms with van der Waals surface area (Å²) in [7, 11) is 0. The van der Waals surface area contributed by atoms with Gasteiger partial charge in [-0.3, -0.25) is 9.59 Å². The molecular formula is C17H15Cl2NO3. The molecule has 0 bridgehead atoms. The lowest BCUT2D eigenvalue weighted by molar-refractivity contribution is -0.135. The molecule has 1 atom stereocenters. The normalized spacial score (nSPS) is 11.6. The molecule has 2 aromatic carbocycles. The quantitative estimate of drug-likeness (QED) is 0.649. The van der Waals surface area contributed by atoms with E-state index in [1.165, 1.54) is 19.1 Å². The van der Waals surface area contributed by atoms with Gasteiger partial charge >= 0.3 is 5.97 Å². The summed E-state index contributed by atoms with van der Waals surface area (Å²) in [5.74, 6) is -0.497. The van der Waals surface area contributed by atoms with Gasteiger partial charge in [0.1, 0.15) is 5.75 Å². The number of halogens is 2. The maximum Gasteiger partial charge on any atom is 0.313 e. The fourth-order valence-electron chi connectivity index (χ4n) is 2.07. The van der Waals surface area contributed by atoms with Crippen LogP contribution in [-0.4, -0.2) is 11.9 Å². The van der Waals surface area contributed by atoms with Gasteiger partial charge in [-0.05, 0) is 23.8 Å². The van der Waals surface area contributed by atoms with Crippen LogP contribution < -0.4 is 10.1 Å². The van der Waals surface area contributed by atoms with Crippen LogP contribution in [0.4, 0.5) is 0 Å². The third-order valence-corrected chi connectivity index (χ3v) is 3.60. The summed E-state index contributed by atoms with van der Waals surface area (Å²) in [6.07, 6.45) is -0.0114. The zero-order valence-corrected chi connectivity index (χ0v) is 13.9. The van der Waals surface area contributed by atoms with Crippen LogP contribution in [0, 0.1) is 0 Å². The van der Waals surface area contributed by atoms with Gasteiger partial charge in [0.05, 0.1) is 17.5 Å². The summed E-state index contributed by atoms with van der Waals surface area (Å²) in [4.78, 5) is 23.5. The fraction of sp³-hybridized carbons (Fsp3) is 0.176. The Morgan fingerprint density at radius 2 is 1.83 bits per heavy atom. The lowest BCUT2D eigenvalue weighted by Crippen LogP contribution is -2.29. The Kier molecular flexibility index (Phi) is 6.02. The lowest BCUT2D eigenvalue weighted by Gasteiger charge is -2.17. The molecule has 0 aliphatic heterocycles.